The Hall–Kier alpha value is -1.63. The molecule has 31 heavy (non-hydrogen) atoms. The number of hydrogen-bond donors (Lipinski definition) is 3. The third-order valence-electron chi connectivity index (χ3n) is 4.87. The van der Waals surface area contributed by atoms with Crippen LogP contribution in [0.1, 0.15) is 17.4 Å². The van der Waals surface area contributed by atoms with Gasteiger partial charge in [-0.15, -0.1) is 0 Å². The van der Waals surface area contributed by atoms with Crippen LogP contribution in [0.3, 0.4) is 0 Å². The predicted molar refractivity (Wildman–Crippen MR) is 107 cm³/mol. The summed E-state index contributed by atoms with van der Waals surface area (Å²) in [5.41, 5.74) is 0.629. The van der Waals surface area contributed by atoms with Crippen molar-refractivity contribution in [2.24, 2.45) is 0 Å². The molecule has 3 heterocycles. The summed E-state index contributed by atoms with van der Waals surface area (Å²) >= 11 is 10.7. The number of phosphoric ester groups is 1. The number of aliphatic hydroxyl groups is 2. The van der Waals surface area contributed by atoms with Crippen molar-refractivity contribution in [3.8, 4) is 5.75 Å². The smallest absolute Gasteiger partial charge is 0.403 e. The highest BCUT2D eigenvalue weighted by atomic mass is 35.5. The molecule has 0 aliphatic carbocycles. The first-order valence-corrected chi connectivity index (χ1v) is 11.2. The zero-order valence-electron chi connectivity index (χ0n) is 15.9. The minimum atomic E-state index is -4.24. The fourth-order valence-electron chi connectivity index (χ4n) is 3.22. The molecule has 0 saturated carbocycles. The van der Waals surface area contributed by atoms with Crippen molar-refractivity contribution in [3.63, 3.8) is 0 Å². The van der Waals surface area contributed by atoms with Crippen LogP contribution in [-0.4, -0.2) is 44.4 Å². The Morgan fingerprint density at radius 1 is 1.48 bits per heavy atom. The summed E-state index contributed by atoms with van der Waals surface area (Å²) in [6.07, 6.45) is -4.46. The molecule has 1 fully saturated rings. The molecule has 3 N–H and O–H groups in total. The molecule has 10 nitrogen and oxygen atoms in total. The molecular weight excluding hydrogens is 478 g/mol. The molecule has 5 atom stereocenters. The van der Waals surface area contributed by atoms with Crippen molar-refractivity contribution in [1.29, 1.82) is 0 Å². The van der Waals surface area contributed by atoms with Crippen molar-refractivity contribution in [1.82, 2.24) is 9.55 Å². The predicted octanol–water partition coefficient (Wildman–Crippen LogP) is 2.52. The minimum absolute atomic E-state index is 0.0900. The molecule has 1 saturated heterocycles. The zero-order valence-corrected chi connectivity index (χ0v) is 18.3. The number of aromatic nitrogens is 2. The van der Waals surface area contributed by atoms with Crippen LogP contribution in [0.4, 0.5) is 4.39 Å². The Labute approximate surface area is 184 Å². The molecule has 0 amide bonds. The summed E-state index contributed by atoms with van der Waals surface area (Å²) < 4.78 is 49.6. The average Bonchev–Trinajstić information content (AvgIpc) is 2.95. The van der Waals surface area contributed by atoms with E-state index in [1.807, 2.05) is 0 Å². The van der Waals surface area contributed by atoms with E-state index in [0.717, 1.165) is 10.8 Å². The number of H-pyrrole nitrogens is 1. The second-order valence-corrected chi connectivity index (χ2v) is 9.41. The maximum absolute atomic E-state index is 15.4. The molecule has 1 aromatic heterocycles. The Kier molecular flexibility index (Phi) is 5.86. The standard InChI is InChI=1S/C17H17ClFN2O8PS/c1-8-3-2-4-9-6-26-30(25,29-12(8)9)27-7-17(19)13(23)11(22)15(28-17)21-5-10(18)14(24)20-16(21)31/h2-5,11,13,15,22-23H,6-7H2,1H3,(H,20,24,31)/t11-,13+,15-,17-,30?/m1/s1. The highest BCUT2D eigenvalue weighted by molar-refractivity contribution is 7.71. The quantitative estimate of drug-likeness (QED) is 0.433. The monoisotopic (exact) mass is 494 g/mol. The van der Waals surface area contributed by atoms with Crippen LogP contribution in [0.15, 0.2) is 29.2 Å². The van der Waals surface area contributed by atoms with Crippen molar-refractivity contribution in [3.05, 3.63) is 55.7 Å². The SMILES string of the molecule is Cc1cccc2c1OP(=O)(OC[C@@]1(F)O[C@@H](n3cc(Cl)c(=O)[nH]c3=S)[C@H](O)[C@@H]1O)OC2. The van der Waals surface area contributed by atoms with Crippen LogP contribution in [0.25, 0.3) is 0 Å². The van der Waals surface area contributed by atoms with Gasteiger partial charge >= 0.3 is 7.82 Å². The van der Waals surface area contributed by atoms with E-state index in [1.165, 1.54) is 0 Å². The largest absolute Gasteiger partial charge is 0.530 e. The lowest BCUT2D eigenvalue weighted by Crippen LogP contribution is -2.43. The molecule has 0 radical (unpaired) electrons. The maximum Gasteiger partial charge on any atom is 0.530 e. The fourth-order valence-corrected chi connectivity index (χ4v) is 4.91. The lowest BCUT2D eigenvalue weighted by atomic mass is 10.1. The minimum Gasteiger partial charge on any atom is -0.403 e. The molecule has 0 bridgehead atoms. The van der Waals surface area contributed by atoms with E-state index in [1.54, 1.807) is 25.1 Å². The van der Waals surface area contributed by atoms with Gasteiger partial charge in [0.1, 0.15) is 29.6 Å². The molecule has 168 valence electrons. The highest BCUT2D eigenvalue weighted by Crippen LogP contribution is 2.56. The number of halogens is 2. The van der Waals surface area contributed by atoms with Gasteiger partial charge in [0.2, 0.25) is 0 Å². The van der Waals surface area contributed by atoms with Crippen LogP contribution in [0, 0.1) is 11.7 Å². The highest BCUT2D eigenvalue weighted by Gasteiger charge is 2.57. The summed E-state index contributed by atoms with van der Waals surface area (Å²) in [6.45, 7) is 0.548. The Morgan fingerprint density at radius 2 is 2.23 bits per heavy atom. The summed E-state index contributed by atoms with van der Waals surface area (Å²) in [6, 6.07) is 5.22. The number of fused-ring (bicyclic) bond motifs is 1. The molecule has 0 spiro atoms. The van der Waals surface area contributed by atoms with Gasteiger partial charge in [-0.2, -0.15) is 0 Å². The second kappa shape index (κ2) is 8.05. The summed E-state index contributed by atoms with van der Waals surface area (Å²) in [4.78, 5) is 13.8. The Bertz CT molecular complexity index is 1190. The number of aromatic amines is 1. The van der Waals surface area contributed by atoms with E-state index in [9.17, 15) is 19.6 Å². The lowest BCUT2D eigenvalue weighted by Gasteiger charge is -2.29. The zero-order chi connectivity index (χ0) is 22.6. The molecule has 1 unspecified atom stereocenters. The first-order chi connectivity index (χ1) is 14.5. The third kappa shape index (κ3) is 4.10. The van der Waals surface area contributed by atoms with E-state index in [-0.39, 0.29) is 16.4 Å². The van der Waals surface area contributed by atoms with E-state index in [2.05, 4.69) is 4.98 Å². The van der Waals surface area contributed by atoms with Crippen LogP contribution in [0.2, 0.25) is 5.02 Å². The van der Waals surface area contributed by atoms with Crippen molar-refractivity contribution in [2.75, 3.05) is 6.61 Å². The summed E-state index contributed by atoms with van der Waals surface area (Å²) in [7, 11) is -4.24. The van der Waals surface area contributed by atoms with Gasteiger partial charge in [-0.25, -0.2) is 8.96 Å². The number of aryl methyl sites for hydroxylation is 1. The van der Waals surface area contributed by atoms with Gasteiger partial charge in [-0.3, -0.25) is 23.4 Å². The molecule has 1 aromatic carbocycles. The fraction of sp³-hybridized carbons (Fsp3) is 0.412. The number of phosphoric acid groups is 1. The number of rotatable bonds is 4. The van der Waals surface area contributed by atoms with Gasteiger partial charge in [0.15, 0.2) is 11.0 Å². The molecule has 14 heteroatoms. The first-order valence-electron chi connectivity index (χ1n) is 8.94. The van der Waals surface area contributed by atoms with Gasteiger partial charge in [0.05, 0.1) is 6.61 Å². The molecule has 2 aliphatic heterocycles. The van der Waals surface area contributed by atoms with Crippen molar-refractivity contribution < 1.29 is 37.5 Å². The van der Waals surface area contributed by atoms with Crippen LogP contribution >= 0.6 is 31.6 Å². The number of aliphatic hydroxyl groups excluding tert-OH is 2. The lowest BCUT2D eigenvalue weighted by molar-refractivity contribution is -0.205. The van der Waals surface area contributed by atoms with Crippen LogP contribution < -0.4 is 10.1 Å². The number of alkyl halides is 1. The van der Waals surface area contributed by atoms with Gasteiger partial charge in [-0.05, 0) is 24.7 Å². The van der Waals surface area contributed by atoms with Gasteiger partial charge in [0.25, 0.3) is 11.4 Å². The summed E-state index contributed by atoms with van der Waals surface area (Å²) in [5, 5.41) is 20.2. The second-order valence-electron chi connectivity index (χ2n) is 7.02. The van der Waals surface area contributed by atoms with E-state index >= 15 is 4.39 Å². The normalized spacial score (nSPS) is 32.5. The first kappa shape index (κ1) is 22.6. The van der Waals surface area contributed by atoms with E-state index < -0.39 is 44.3 Å². The van der Waals surface area contributed by atoms with Crippen molar-refractivity contribution >= 4 is 31.6 Å². The van der Waals surface area contributed by atoms with Gasteiger partial charge in [0, 0.05) is 11.8 Å². The number of nitrogens with one attached hydrogen (secondary N) is 1. The molecular formula is C17H17ClFN2O8PS. The molecule has 4 rings (SSSR count). The van der Waals surface area contributed by atoms with Crippen molar-refractivity contribution in [2.45, 2.75) is 37.8 Å². The van der Waals surface area contributed by atoms with Crippen LogP contribution in [0.5, 0.6) is 5.75 Å². The number of para-hydroxylation sites is 1. The summed E-state index contributed by atoms with van der Waals surface area (Å²) in [5.74, 6) is -2.71. The maximum atomic E-state index is 15.4. The molecule has 2 aromatic rings. The number of nitrogens with zero attached hydrogens (tertiary/aromatic N) is 1. The van der Waals surface area contributed by atoms with E-state index in [4.69, 9.17) is 42.1 Å². The Balaban J connectivity index is 1.53. The number of ether oxygens (including phenoxy) is 1. The average molecular weight is 495 g/mol. The van der Waals surface area contributed by atoms with Gasteiger partial charge < -0.3 is 19.5 Å². The molecule has 2 aliphatic rings. The number of benzene rings is 1. The number of hydrogen-bond acceptors (Lipinski definition) is 9. The van der Waals surface area contributed by atoms with Crippen LogP contribution in [-0.2, 0) is 25.0 Å². The van der Waals surface area contributed by atoms with Gasteiger partial charge in [-0.1, -0.05) is 29.8 Å². The van der Waals surface area contributed by atoms with E-state index in [0.29, 0.717) is 16.9 Å². The third-order valence-corrected chi connectivity index (χ3v) is 6.75. The Morgan fingerprint density at radius 3 is 2.97 bits per heavy atom. The topological polar surface area (TPSA) is 132 Å².